The molecular formula is C12H11F3N2O3. The number of amides is 1. The summed E-state index contributed by atoms with van der Waals surface area (Å²) in [6.45, 7) is 0.0440. The average molecular weight is 288 g/mol. The highest BCUT2D eigenvalue weighted by Gasteiger charge is 2.39. The van der Waals surface area contributed by atoms with Gasteiger partial charge in [0, 0.05) is 19.3 Å². The predicted octanol–water partition coefficient (Wildman–Crippen LogP) is 1.65. The van der Waals surface area contributed by atoms with Crippen LogP contribution in [0.4, 0.5) is 13.2 Å². The predicted molar refractivity (Wildman–Crippen MR) is 60.9 cm³/mol. The molecule has 108 valence electrons. The summed E-state index contributed by atoms with van der Waals surface area (Å²) in [4.78, 5) is 27.2. The molecule has 0 saturated carbocycles. The molecule has 20 heavy (non-hydrogen) atoms. The zero-order valence-corrected chi connectivity index (χ0v) is 10.2. The van der Waals surface area contributed by atoms with Crippen LogP contribution in [-0.4, -0.2) is 40.0 Å². The number of halogens is 3. The minimum atomic E-state index is -4.72. The molecule has 2 rings (SSSR count). The quantitative estimate of drug-likeness (QED) is 0.898. The lowest BCUT2D eigenvalue weighted by molar-refractivity contribution is -0.142. The number of carbonyl (C=O) groups is 2. The Hall–Kier alpha value is -2.12. The Morgan fingerprint density at radius 3 is 2.65 bits per heavy atom. The van der Waals surface area contributed by atoms with Gasteiger partial charge in [-0.15, -0.1) is 0 Å². The zero-order valence-electron chi connectivity index (χ0n) is 10.2. The molecule has 1 saturated heterocycles. The highest BCUT2D eigenvalue weighted by atomic mass is 19.4. The van der Waals surface area contributed by atoms with Crippen molar-refractivity contribution in [1.29, 1.82) is 0 Å². The van der Waals surface area contributed by atoms with E-state index in [0.717, 1.165) is 17.2 Å². The van der Waals surface area contributed by atoms with E-state index >= 15 is 0 Å². The van der Waals surface area contributed by atoms with Crippen LogP contribution in [0.3, 0.4) is 0 Å². The Kier molecular flexibility index (Phi) is 3.65. The molecule has 1 atom stereocenters. The lowest BCUT2D eigenvalue weighted by atomic mass is 10.1. The van der Waals surface area contributed by atoms with E-state index in [-0.39, 0.29) is 19.5 Å². The molecule has 1 unspecified atom stereocenters. The Labute approximate surface area is 112 Å². The monoisotopic (exact) mass is 288 g/mol. The van der Waals surface area contributed by atoms with Crippen molar-refractivity contribution >= 4 is 11.9 Å². The summed E-state index contributed by atoms with van der Waals surface area (Å²) < 4.78 is 38.3. The number of alkyl halides is 3. The van der Waals surface area contributed by atoms with Crippen molar-refractivity contribution in [2.75, 3.05) is 13.1 Å². The van der Waals surface area contributed by atoms with Gasteiger partial charge in [0.05, 0.1) is 11.5 Å². The third-order valence-electron chi connectivity index (χ3n) is 3.13. The maximum Gasteiger partial charge on any atom is 0.434 e. The molecule has 2 heterocycles. The molecule has 1 aliphatic rings. The van der Waals surface area contributed by atoms with Gasteiger partial charge in [-0.05, 0) is 18.6 Å². The van der Waals surface area contributed by atoms with Crippen LogP contribution in [0.15, 0.2) is 18.3 Å². The molecule has 1 aromatic heterocycles. The summed E-state index contributed by atoms with van der Waals surface area (Å²) in [5.74, 6) is -2.62. The van der Waals surface area contributed by atoms with Crippen molar-refractivity contribution in [2.24, 2.45) is 5.92 Å². The first kappa shape index (κ1) is 14.3. The Morgan fingerprint density at radius 1 is 1.40 bits per heavy atom. The number of aromatic nitrogens is 1. The summed E-state index contributed by atoms with van der Waals surface area (Å²) in [6, 6.07) is 2.29. The molecule has 5 nitrogen and oxygen atoms in total. The van der Waals surface area contributed by atoms with Crippen LogP contribution in [0.25, 0.3) is 0 Å². The van der Waals surface area contributed by atoms with E-state index in [1.807, 2.05) is 0 Å². The van der Waals surface area contributed by atoms with Crippen LogP contribution in [0.1, 0.15) is 22.5 Å². The van der Waals surface area contributed by atoms with Gasteiger partial charge in [-0.25, -0.2) is 0 Å². The van der Waals surface area contributed by atoms with E-state index in [0.29, 0.717) is 0 Å². The first-order valence-corrected chi connectivity index (χ1v) is 5.85. The number of nitrogens with zero attached hydrogens (tertiary/aromatic N) is 2. The van der Waals surface area contributed by atoms with E-state index < -0.39 is 35.2 Å². The van der Waals surface area contributed by atoms with Crippen LogP contribution >= 0.6 is 0 Å². The molecule has 1 aliphatic heterocycles. The van der Waals surface area contributed by atoms with Gasteiger partial charge in [-0.3, -0.25) is 14.6 Å². The van der Waals surface area contributed by atoms with Gasteiger partial charge in [-0.1, -0.05) is 0 Å². The van der Waals surface area contributed by atoms with Crippen LogP contribution in [-0.2, 0) is 11.0 Å². The SMILES string of the molecule is O=C(O)C1CCN(C(=O)c2cccnc2C(F)(F)F)C1. The number of carboxylic acid groups (broad SMARTS) is 1. The van der Waals surface area contributed by atoms with Crippen LogP contribution < -0.4 is 0 Å². The number of carbonyl (C=O) groups excluding carboxylic acids is 1. The molecule has 1 amide bonds. The maximum atomic E-state index is 12.8. The fraction of sp³-hybridized carbons (Fsp3) is 0.417. The standard InChI is InChI=1S/C12H11F3N2O3/c13-12(14,15)9-8(2-1-4-16-9)10(18)17-5-3-7(6-17)11(19)20/h1-2,4,7H,3,5-6H2,(H,19,20). The van der Waals surface area contributed by atoms with Crippen LogP contribution in [0.2, 0.25) is 0 Å². The molecule has 0 bridgehead atoms. The maximum absolute atomic E-state index is 12.8. The number of pyridine rings is 1. The molecule has 0 aliphatic carbocycles. The first-order chi connectivity index (χ1) is 9.30. The number of likely N-dealkylation sites (tertiary alicyclic amines) is 1. The second kappa shape index (κ2) is 5.10. The fourth-order valence-corrected chi connectivity index (χ4v) is 2.12. The summed E-state index contributed by atoms with van der Waals surface area (Å²) in [5, 5.41) is 8.84. The number of aliphatic carboxylic acids is 1. The van der Waals surface area contributed by atoms with Gasteiger partial charge in [-0.2, -0.15) is 13.2 Å². The van der Waals surface area contributed by atoms with Gasteiger partial charge in [0.25, 0.3) is 5.91 Å². The molecule has 1 N–H and O–H groups in total. The van der Waals surface area contributed by atoms with Gasteiger partial charge in [0.2, 0.25) is 0 Å². The normalized spacial score (nSPS) is 19.1. The number of hydrogen-bond donors (Lipinski definition) is 1. The highest BCUT2D eigenvalue weighted by molar-refractivity contribution is 5.96. The van der Waals surface area contributed by atoms with Crippen molar-refractivity contribution in [3.63, 3.8) is 0 Å². The van der Waals surface area contributed by atoms with Crippen molar-refractivity contribution in [3.8, 4) is 0 Å². The molecule has 0 radical (unpaired) electrons. The smallest absolute Gasteiger partial charge is 0.434 e. The zero-order chi connectivity index (χ0) is 14.9. The number of rotatable bonds is 2. The van der Waals surface area contributed by atoms with Gasteiger partial charge < -0.3 is 10.0 Å². The van der Waals surface area contributed by atoms with Crippen molar-refractivity contribution < 1.29 is 27.9 Å². The van der Waals surface area contributed by atoms with E-state index in [4.69, 9.17) is 5.11 Å². The fourth-order valence-electron chi connectivity index (χ4n) is 2.12. The van der Waals surface area contributed by atoms with Crippen LogP contribution in [0.5, 0.6) is 0 Å². The van der Waals surface area contributed by atoms with E-state index in [1.54, 1.807) is 0 Å². The van der Waals surface area contributed by atoms with Gasteiger partial charge >= 0.3 is 12.1 Å². The molecule has 8 heteroatoms. The number of carboxylic acids is 1. The average Bonchev–Trinajstić information content (AvgIpc) is 2.86. The lowest BCUT2D eigenvalue weighted by Crippen LogP contribution is -2.32. The van der Waals surface area contributed by atoms with Gasteiger partial charge in [0.1, 0.15) is 0 Å². The minimum absolute atomic E-state index is 0.0830. The van der Waals surface area contributed by atoms with Crippen LogP contribution in [0, 0.1) is 5.92 Å². The largest absolute Gasteiger partial charge is 0.481 e. The lowest BCUT2D eigenvalue weighted by Gasteiger charge is -2.18. The number of hydrogen-bond acceptors (Lipinski definition) is 3. The molecular weight excluding hydrogens is 277 g/mol. The summed E-state index contributed by atoms with van der Waals surface area (Å²) in [6.07, 6.45) is -3.52. The van der Waals surface area contributed by atoms with Gasteiger partial charge in [0.15, 0.2) is 5.69 Å². The molecule has 0 spiro atoms. The first-order valence-electron chi connectivity index (χ1n) is 5.85. The van der Waals surface area contributed by atoms with E-state index in [9.17, 15) is 22.8 Å². The van der Waals surface area contributed by atoms with Crippen molar-refractivity contribution in [3.05, 3.63) is 29.6 Å². The third-order valence-corrected chi connectivity index (χ3v) is 3.13. The summed E-state index contributed by atoms with van der Waals surface area (Å²) in [7, 11) is 0. The third kappa shape index (κ3) is 2.73. The molecule has 1 aromatic rings. The second-order valence-electron chi connectivity index (χ2n) is 4.47. The summed E-state index contributed by atoms with van der Waals surface area (Å²) in [5.41, 5.74) is -1.80. The Morgan fingerprint density at radius 2 is 2.10 bits per heavy atom. The minimum Gasteiger partial charge on any atom is -0.481 e. The topological polar surface area (TPSA) is 70.5 Å². The summed E-state index contributed by atoms with van der Waals surface area (Å²) >= 11 is 0. The van der Waals surface area contributed by atoms with E-state index in [1.165, 1.54) is 6.07 Å². The Balaban J connectivity index is 2.25. The second-order valence-corrected chi connectivity index (χ2v) is 4.47. The highest BCUT2D eigenvalue weighted by Crippen LogP contribution is 2.31. The molecule has 1 fully saturated rings. The van der Waals surface area contributed by atoms with Crippen molar-refractivity contribution in [1.82, 2.24) is 9.88 Å². The van der Waals surface area contributed by atoms with E-state index in [2.05, 4.69) is 4.98 Å². The van der Waals surface area contributed by atoms with Crippen molar-refractivity contribution in [2.45, 2.75) is 12.6 Å². The Bertz CT molecular complexity index is 545. The molecule has 0 aromatic carbocycles.